The molecule has 0 saturated heterocycles. The quantitative estimate of drug-likeness (QED) is 0.764. The summed E-state index contributed by atoms with van der Waals surface area (Å²) in [6.45, 7) is 0. The molecular formula is C12H9ClN2O. The molecule has 0 amide bonds. The van der Waals surface area contributed by atoms with Gasteiger partial charge in [-0.25, -0.2) is 0 Å². The van der Waals surface area contributed by atoms with Crippen molar-refractivity contribution in [1.82, 2.24) is 10.2 Å². The maximum absolute atomic E-state index is 11.8. The van der Waals surface area contributed by atoms with Crippen LogP contribution in [-0.2, 0) is 6.42 Å². The number of ketones is 1. The Labute approximate surface area is 98.1 Å². The molecular weight excluding hydrogens is 224 g/mol. The van der Waals surface area contributed by atoms with Crippen LogP contribution in [0.3, 0.4) is 0 Å². The predicted molar refractivity (Wildman–Crippen MR) is 61.5 cm³/mol. The van der Waals surface area contributed by atoms with E-state index in [4.69, 9.17) is 11.6 Å². The summed E-state index contributed by atoms with van der Waals surface area (Å²) >= 11 is 5.98. The Hall–Kier alpha value is -1.74. The SMILES string of the molecule is O=C(Cc1ccccc1Cl)c1ccnnc1. The van der Waals surface area contributed by atoms with E-state index < -0.39 is 0 Å². The van der Waals surface area contributed by atoms with Gasteiger partial charge < -0.3 is 0 Å². The van der Waals surface area contributed by atoms with Gasteiger partial charge in [0.1, 0.15) is 0 Å². The number of aromatic nitrogens is 2. The summed E-state index contributed by atoms with van der Waals surface area (Å²) < 4.78 is 0. The second-order valence-corrected chi connectivity index (χ2v) is 3.73. The molecule has 0 saturated carbocycles. The van der Waals surface area contributed by atoms with Gasteiger partial charge in [-0.05, 0) is 17.7 Å². The first-order chi connectivity index (χ1) is 7.77. The molecule has 0 radical (unpaired) electrons. The van der Waals surface area contributed by atoms with Crippen molar-refractivity contribution in [1.29, 1.82) is 0 Å². The van der Waals surface area contributed by atoms with Gasteiger partial charge in [0.2, 0.25) is 0 Å². The van der Waals surface area contributed by atoms with Crippen LogP contribution in [0, 0.1) is 0 Å². The van der Waals surface area contributed by atoms with Gasteiger partial charge in [-0.3, -0.25) is 4.79 Å². The van der Waals surface area contributed by atoms with Crippen molar-refractivity contribution in [2.45, 2.75) is 6.42 Å². The average molecular weight is 233 g/mol. The lowest BCUT2D eigenvalue weighted by molar-refractivity contribution is 0.0992. The number of nitrogens with zero attached hydrogens (tertiary/aromatic N) is 2. The van der Waals surface area contributed by atoms with Crippen molar-refractivity contribution in [3.8, 4) is 0 Å². The van der Waals surface area contributed by atoms with Gasteiger partial charge in [0, 0.05) is 17.0 Å². The Morgan fingerprint density at radius 3 is 2.69 bits per heavy atom. The topological polar surface area (TPSA) is 42.9 Å². The number of rotatable bonds is 3. The monoisotopic (exact) mass is 232 g/mol. The Kier molecular flexibility index (Phi) is 3.27. The van der Waals surface area contributed by atoms with Crippen LogP contribution in [0.1, 0.15) is 15.9 Å². The van der Waals surface area contributed by atoms with Gasteiger partial charge in [-0.15, -0.1) is 0 Å². The summed E-state index contributed by atoms with van der Waals surface area (Å²) in [7, 11) is 0. The number of benzene rings is 1. The van der Waals surface area contributed by atoms with Crippen LogP contribution >= 0.6 is 11.6 Å². The number of carbonyl (C=O) groups is 1. The van der Waals surface area contributed by atoms with E-state index in [1.165, 1.54) is 12.4 Å². The third kappa shape index (κ3) is 2.44. The van der Waals surface area contributed by atoms with Crippen LogP contribution in [0.15, 0.2) is 42.7 Å². The highest BCUT2D eigenvalue weighted by molar-refractivity contribution is 6.31. The molecule has 0 N–H and O–H groups in total. The molecule has 0 fully saturated rings. The van der Waals surface area contributed by atoms with Crippen molar-refractivity contribution in [2.75, 3.05) is 0 Å². The largest absolute Gasteiger partial charge is 0.294 e. The van der Waals surface area contributed by atoms with E-state index >= 15 is 0 Å². The molecule has 2 aromatic rings. The van der Waals surface area contributed by atoms with Crippen LogP contribution in [-0.4, -0.2) is 16.0 Å². The molecule has 0 unspecified atom stereocenters. The molecule has 0 bridgehead atoms. The summed E-state index contributed by atoms with van der Waals surface area (Å²) in [6, 6.07) is 8.96. The predicted octanol–water partition coefficient (Wildman–Crippen LogP) is 2.56. The highest BCUT2D eigenvalue weighted by Gasteiger charge is 2.09. The highest BCUT2D eigenvalue weighted by atomic mass is 35.5. The van der Waals surface area contributed by atoms with Crippen molar-refractivity contribution < 1.29 is 4.79 Å². The van der Waals surface area contributed by atoms with E-state index in [1.54, 1.807) is 12.1 Å². The molecule has 80 valence electrons. The first-order valence-electron chi connectivity index (χ1n) is 4.80. The fourth-order valence-electron chi connectivity index (χ4n) is 1.37. The number of hydrogen-bond donors (Lipinski definition) is 0. The standard InChI is InChI=1S/C12H9ClN2O/c13-11-4-2-1-3-9(11)7-12(16)10-5-6-14-15-8-10/h1-6,8H,7H2. The van der Waals surface area contributed by atoms with Crippen LogP contribution < -0.4 is 0 Å². The normalized spacial score (nSPS) is 10.1. The van der Waals surface area contributed by atoms with E-state index in [0.717, 1.165) is 5.56 Å². The lowest BCUT2D eigenvalue weighted by atomic mass is 10.1. The van der Waals surface area contributed by atoms with E-state index in [1.807, 2.05) is 18.2 Å². The summed E-state index contributed by atoms with van der Waals surface area (Å²) in [5.74, 6) is -0.0111. The zero-order valence-corrected chi connectivity index (χ0v) is 9.19. The van der Waals surface area contributed by atoms with E-state index in [0.29, 0.717) is 10.6 Å². The smallest absolute Gasteiger partial charge is 0.168 e. The van der Waals surface area contributed by atoms with Gasteiger partial charge in [0.15, 0.2) is 5.78 Å². The lowest BCUT2D eigenvalue weighted by Gasteiger charge is -2.02. The third-order valence-electron chi connectivity index (χ3n) is 2.22. The minimum absolute atomic E-state index is 0.0111. The lowest BCUT2D eigenvalue weighted by Crippen LogP contribution is -2.04. The van der Waals surface area contributed by atoms with Gasteiger partial charge in [0.05, 0.1) is 12.4 Å². The molecule has 1 aromatic heterocycles. The fourth-order valence-corrected chi connectivity index (χ4v) is 1.57. The van der Waals surface area contributed by atoms with Crippen LogP contribution in [0.25, 0.3) is 0 Å². The van der Waals surface area contributed by atoms with E-state index in [9.17, 15) is 4.79 Å². The van der Waals surface area contributed by atoms with Crippen molar-refractivity contribution >= 4 is 17.4 Å². The van der Waals surface area contributed by atoms with Gasteiger partial charge in [-0.1, -0.05) is 29.8 Å². The molecule has 0 aliphatic rings. The van der Waals surface area contributed by atoms with Crippen LogP contribution in [0.2, 0.25) is 5.02 Å². The molecule has 2 rings (SSSR count). The summed E-state index contributed by atoms with van der Waals surface area (Å²) in [5, 5.41) is 7.90. The second kappa shape index (κ2) is 4.86. The van der Waals surface area contributed by atoms with Gasteiger partial charge in [-0.2, -0.15) is 10.2 Å². The molecule has 0 aliphatic heterocycles. The van der Waals surface area contributed by atoms with Gasteiger partial charge in [0.25, 0.3) is 0 Å². The van der Waals surface area contributed by atoms with Crippen molar-refractivity contribution in [3.05, 3.63) is 58.9 Å². The summed E-state index contributed by atoms with van der Waals surface area (Å²) in [4.78, 5) is 11.8. The van der Waals surface area contributed by atoms with Gasteiger partial charge >= 0.3 is 0 Å². The zero-order chi connectivity index (χ0) is 11.4. The first kappa shape index (κ1) is 10.8. The van der Waals surface area contributed by atoms with Crippen LogP contribution in [0.5, 0.6) is 0 Å². The molecule has 1 heterocycles. The number of halogens is 1. The molecule has 0 atom stereocenters. The maximum Gasteiger partial charge on any atom is 0.168 e. The molecule has 16 heavy (non-hydrogen) atoms. The maximum atomic E-state index is 11.8. The third-order valence-corrected chi connectivity index (χ3v) is 2.58. The van der Waals surface area contributed by atoms with E-state index in [2.05, 4.69) is 10.2 Å². The first-order valence-corrected chi connectivity index (χ1v) is 5.18. The van der Waals surface area contributed by atoms with Crippen molar-refractivity contribution in [3.63, 3.8) is 0 Å². The molecule has 3 nitrogen and oxygen atoms in total. The fraction of sp³-hybridized carbons (Fsp3) is 0.0833. The Morgan fingerprint density at radius 2 is 2.00 bits per heavy atom. The highest BCUT2D eigenvalue weighted by Crippen LogP contribution is 2.16. The number of carbonyl (C=O) groups excluding carboxylic acids is 1. The number of Topliss-reactive ketones (excluding diaryl/α,β-unsaturated/α-hetero) is 1. The average Bonchev–Trinajstić information content (AvgIpc) is 2.33. The summed E-state index contributed by atoms with van der Waals surface area (Å²) in [5.41, 5.74) is 1.38. The van der Waals surface area contributed by atoms with Crippen molar-refractivity contribution in [2.24, 2.45) is 0 Å². The molecule has 1 aromatic carbocycles. The minimum atomic E-state index is -0.0111. The molecule has 0 aliphatic carbocycles. The summed E-state index contributed by atoms with van der Waals surface area (Å²) in [6.07, 6.45) is 3.24. The zero-order valence-electron chi connectivity index (χ0n) is 8.43. The molecule has 4 heteroatoms. The minimum Gasteiger partial charge on any atom is -0.294 e. The number of hydrogen-bond acceptors (Lipinski definition) is 3. The Balaban J connectivity index is 2.18. The molecule has 0 spiro atoms. The second-order valence-electron chi connectivity index (χ2n) is 3.32. The van der Waals surface area contributed by atoms with Crippen LogP contribution in [0.4, 0.5) is 0 Å². The Bertz CT molecular complexity index is 499. The Morgan fingerprint density at radius 1 is 1.19 bits per heavy atom. The van der Waals surface area contributed by atoms with E-state index in [-0.39, 0.29) is 12.2 Å².